The van der Waals surface area contributed by atoms with E-state index in [9.17, 15) is 0 Å². The lowest BCUT2D eigenvalue weighted by atomic mass is 10.0. The average Bonchev–Trinajstić information content (AvgIpc) is 1.92. The van der Waals surface area contributed by atoms with Crippen LogP contribution in [0.5, 0.6) is 0 Å². The van der Waals surface area contributed by atoms with Gasteiger partial charge in [0.15, 0.2) is 0 Å². The van der Waals surface area contributed by atoms with Gasteiger partial charge < -0.3 is 0 Å². The maximum Gasteiger partial charge on any atom is 0.0271 e. The molecule has 2 atom stereocenters. The normalized spacial score (nSPS) is 36.6. The molecule has 60 valence electrons. The van der Waals surface area contributed by atoms with Crippen molar-refractivity contribution in [3.8, 4) is 0 Å². The molecule has 0 spiro atoms. The lowest BCUT2D eigenvalue weighted by Gasteiger charge is -2.19. The molecule has 1 aliphatic rings. The van der Waals surface area contributed by atoms with Gasteiger partial charge in [-0.2, -0.15) is 0 Å². The summed E-state index contributed by atoms with van der Waals surface area (Å²) < 4.78 is 0. The van der Waals surface area contributed by atoms with Crippen LogP contribution in [0.2, 0.25) is 0 Å². The first-order valence-corrected chi connectivity index (χ1v) is 5.92. The molecule has 0 bridgehead atoms. The summed E-state index contributed by atoms with van der Waals surface area (Å²) in [5.41, 5.74) is 0. The van der Waals surface area contributed by atoms with Gasteiger partial charge in [-0.05, 0) is 12.8 Å². The van der Waals surface area contributed by atoms with Gasteiger partial charge in [-0.15, -0.1) is 0 Å². The van der Waals surface area contributed by atoms with Crippen molar-refractivity contribution in [2.45, 2.75) is 48.2 Å². The van der Waals surface area contributed by atoms with Crippen molar-refractivity contribution in [3.63, 3.8) is 0 Å². The van der Waals surface area contributed by atoms with Gasteiger partial charge >= 0.3 is 0 Å². The maximum atomic E-state index is 3.69. The maximum absolute atomic E-state index is 3.69. The van der Waals surface area contributed by atoms with E-state index in [1.807, 2.05) is 0 Å². The monoisotopic (exact) mass is 268 g/mol. The zero-order chi connectivity index (χ0) is 7.40. The molecule has 0 heterocycles. The second-order valence-corrected chi connectivity index (χ2v) is 5.38. The van der Waals surface area contributed by atoms with Gasteiger partial charge in [0.05, 0.1) is 0 Å². The SMILES string of the molecule is Br[C@@H]1CCCCCC[C@@H]1Br. The number of hydrogen-bond donors (Lipinski definition) is 0. The second kappa shape index (κ2) is 4.76. The summed E-state index contributed by atoms with van der Waals surface area (Å²) >= 11 is 7.38. The lowest BCUT2D eigenvalue weighted by Crippen LogP contribution is -2.15. The van der Waals surface area contributed by atoms with Crippen LogP contribution in [0.1, 0.15) is 38.5 Å². The molecule has 0 N–H and O–H groups in total. The van der Waals surface area contributed by atoms with E-state index in [4.69, 9.17) is 0 Å². The van der Waals surface area contributed by atoms with Gasteiger partial charge in [-0.1, -0.05) is 57.5 Å². The van der Waals surface area contributed by atoms with E-state index in [-0.39, 0.29) is 0 Å². The zero-order valence-corrected chi connectivity index (χ0v) is 9.33. The summed E-state index contributed by atoms with van der Waals surface area (Å²) in [5, 5.41) is 0. The third-order valence-electron chi connectivity index (χ3n) is 2.10. The molecular weight excluding hydrogens is 256 g/mol. The van der Waals surface area contributed by atoms with E-state index in [1.54, 1.807) is 0 Å². The minimum Gasteiger partial charge on any atom is -0.0879 e. The van der Waals surface area contributed by atoms with E-state index >= 15 is 0 Å². The Hall–Kier alpha value is 0.960. The smallest absolute Gasteiger partial charge is 0.0271 e. The summed E-state index contributed by atoms with van der Waals surface area (Å²) in [6.45, 7) is 0. The molecule has 0 aromatic rings. The van der Waals surface area contributed by atoms with E-state index in [2.05, 4.69) is 31.9 Å². The second-order valence-electron chi connectivity index (χ2n) is 3.02. The molecule has 1 rings (SSSR count). The van der Waals surface area contributed by atoms with E-state index < -0.39 is 0 Å². The van der Waals surface area contributed by atoms with Crippen LogP contribution in [0.25, 0.3) is 0 Å². The molecule has 1 fully saturated rings. The Balaban J connectivity index is 2.28. The molecule has 0 saturated heterocycles. The molecule has 0 nitrogen and oxygen atoms in total. The van der Waals surface area contributed by atoms with Crippen LogP contribution in [0.4, 0.5) is 0 Å². The van der Waals surface area contributed by atoms with Gasteiger partial charge in [0, 0.05) is 9.65 Å². The molecule has 2 heteroatoms. The van der Waals surface area contributed by atoms with Crippen molar-refractivity contribution in [2.75, 3.05) is 0 Å². The first-order chi connectivity index (χ1) is 4.80. The molecule has 0 aromatic heterocycles. The highest BCUT2D eigenvalue weighted by Gasteiger charge is 2.16. The Kier molecular flexibility index (Phi) is 4.31. The van der Waals surface area contributed by atoms with Crippen molar-refractivity contribution < 1.29 is 0 Å². The number of hydrogen-bond acceptors (Lipinski definition) is 0. The molecule has 10 heavy (non-hydrogen) atoms. The lowest BCUT2D eigenvalue weighted by molar-refractivity contribution is 0.529. The van der Waals surface area contributed by atoms with Crippen molar-refractivity contribution in [3.05, 3.63) is 0 Å². The minimum atomic E-state index is 0.716. The Labute approximate surface area is 80.0 Å². The molecule has 0 aliphatic heterocycles. The first kappa shape index (κ1) is 9.05. The first-order valence-electron chi connectivity index (χ1n) is 4.09. The summed E-state index contributed by atoms with van der Waals surface area (Å²) in [6.07, 6.45) is 8.35. The molecule has 0 aromatic carbocycles. The van der Waals surface area contributed by atoms with Crippen molar-refractivity contribution in [2.24, 2.45) is 0 Å². The zero-order valence-electron chi connectivity index (χ0n) is 6.15. The van der Waals surface area contributed by atoms with Crippen molar-refractivity contribution >= 4 is 31.9 Å². The minimum absolute atomic E-state index is 0.716. The quantitative estimate of drug-likeness (QED) is 0.586. The van der Waals surface area contributed by atoms with Gasteiger partial charge in [0.25, 0.3) is 0 Å². The fourth-order valence-corrected chi connectivity index (χ4v) is 2.57. The Morgan fingerprint density at radius 2 is 1.10 bits per heavy atom. The van der Waals surface area contributed by atoms with Crippen LogP contribution in [-0.2, 0) is 0 Å². The Morgan fingerprint density at radius 3 is 1.50 bits per heavy atom. The third kappa shape index (κ3) is 2.91. The van der Waals surface area contributed by atoms with Gasteiger partial charge in [-0.3, -0.25) is 0 Å². The van der Waals surface area contributed by atoms with Gasteiger partial charge in [-0.25, -0.2) is 0 Å². The van der Waals surface area contributed by atoms with Crippen molar-refractivity contribution in [1.82, 2.24) is 0 Å². The van der Waals surface area contributed by atoms with Crippen LogP contribution in [0.15, 0.2) is 0 Å². The van der Waals surface area contributed by atoms with Crippen LogP contribution < -0.4 is 0 Å². The highest BCUT2D eigenvalue weighted by Crippen LogP contribution is 2.27. The summed E-state index contributed by atoms with van der Waals surface area (Å²) in [7, 11) is 0. The standard InChI is InChI=1S/C8H14Br2/c9-7-5-3-1-2-4-6-8(7)10/h7-8H,1-6H2/t7-,8+. The molecule has 0 radical (unpaired) electrons. The van der Waals surface area contributed by atoms with Crippen molar-refractivity contribution in [1.29, 1.82) is 0 Å². The average molecular weight is 270 g/mol. The summed E-state index contributed by atoms with van der Waals surface area (Å²) in [5.74, 6) is 0. The van der Waals surface area contributed by atoms with E-state index in [1.165, 1.54) is 38.5 Å². The highest BCUT2D eigenvalue weighted by molar-refractivity contribution is 9.12. The topological polar surface area (TPSA) is 0 Å². The van der Waals surface area contributed by atoms with Gasteiger partial charge in [0.1, 0.15) is 0 Å². The molecule has 1 saturated carbocycles. The predicted octanol–water partition coefficient (Wildman–Crippen LogP) is 3.87. The summed E-state index contributed by atoms with van der Waals surface area (Å²) in [6, 6.07) is 0. The Morgan fingerprint density at radius 1 is 0.700 bits per heavy atom. The van der Waals surface area contributed by atoms with Crippen LogP contribution >= 0.6 is 31.9 Å². The van der Waals surface area contributed by atoms with Crippen LogP contribution in [0, 0.1) is 0 Å². The third-order valence-corrected chi connectivity index (χ3v) is 5.00. The predicted molar refractivity (Wildman–Crippen MR) is 53.1 cm³/mol. The number of rotatable bonds is 0. The summed E-state index contributed by atoms with van der Waals surface area (Å²) in [4.78, 5) is 1.43. The molecule has 1 aliphatic carbocycles. The van der Waals surface area contributed by atoms with E-state index in [0.29, 0.717) is 9.65 Å². The molecular formula is C8H14Br2. The molecule has 0 amide bonds. The largest absolute Gasteiger partial charge is 0.0879 e. The van der Waals surface area contributed by atoms with Crippen LogP contribution in [-0.4, -0.2) is 9.65 Å². The Bertz CT molecular complexity index is 81.3. The van der Waals surface area contributed by atoms with Crippen LogP contribution in [0.3, 0.4) is 0 Å². The molecule has 0 unspecified atom stereocenters. The fraction of sp³-hybridized carbons (Fsp3) is 1.00. The fourth-order valence-electron chi connectivity index (χ4n) is 1.39. The van der Waals surface area contributed by atoms with Gasteiger partial charge in [0.2, 0.25) is 0 Å². The highest BCUT2D eigenvalue weighted by atomic mass is 79.9. The van der Waals surface area contributed by atoms with E-state index in [0.717, 1.165) is 0 Å². The number of halogens is 2. The number of alkyl halides is 2.